The summed E-state index contributed by atoms with van der Waals surface area (Å²) >= 11 is 0. The Morgan fingerprint density at radius 1 is 0.571 bits per heavy atom. The maximum absolute atomic E-state index is 12.7. The van der Waals surface area contributed by atoms with Crippen molar-refractivity contribution < 1.29 is 9.59 Å². The van der Waals surface area contributed by atoms with E-state index in [1.54, 1.807) is 0 Å². The molecule has 0 saturated carbocycles. The summed E-state index contributed by atoms with van der Waals surface area (Å²) in [7, 11) is 0. The number of Topliss-reactive ketones (excluding diaryl/α,β-unsaturated/α-hetero) is 2. The van der Waals surface area contributed by atoms with Gasteiger partial charge in [-0.1, -0.05) is 114 Å². The van der Waals surface area contributed by atoms with Crippen LogP contribution in [0.25, 0.3) is 0 Å². The fourth-order valence-corrected chi connectivity index (χ4v) is 3.68. The SMILES string of the molecule is CC(C)(CCCCCCC(C)(C)C(=O)c1ccccc1)C(=O)c1ccccc1. The number of benzene rings is 2. The first-order chi connectivity index (χ1) is 13.2. The molecular weight excluding hydrogens is 344 g/mol. The second-order valence-electron chi connectivity index (χ2n) is 9.07. The quantitative estimate of drug-likeness (QED) is 0.307. The molecule has 0 aliphatic heterocycles. The first kappa shape index (κ1) is 22.1. The molecule has 2 aromatic carbocycles. The van der Waals surface area contributed by atoms with Gasteiger partial charge in [0.2, 0.25) is 0 Å². The van der Waals surface area contributed by atoms with Gasteiger partial charge in [0.15, 0.2) is 11.6 Å². The highest BCUT2D eigenvalue weighted by molar-refractivity contribution is 6.00. The van der Waals surface area contributed by atoms with Crippen LogP contribution in [0.3, 0.4) is 0 Å². The minimum atomic E-state index is -0.329. The van der Waals surface area contributed by atoms with E-state index in [4.69, 9.17) is 0 Å². The molecule has 0 heterocycles. The normalized spacial score (nSPS) is 12.0. The van der Waals surface area contributed by atoms with E-state index in [0.29, 0.717) is 0 Å². The lowest BCUT2D eigenvalue weighted by Gasteiger charge is -2.24. The summed E-state index contributed by atoms with van der Waals surface area (Å²) in [6.45, 7) is 8.18. The van der Waals surface area contributed by atoms with Crippen LogP contribution in [-0.2, 0) is 0 Å². The summed E-state index contributed by atoms with van der Waals surface area (Å²) < 4.78 is 0. The fraction of sp³-hybridized carbons (Fsp3) is 0.462. The highest BCUT2D eigenvalue weighted by Gasteiger charge is 2.29. The molecule has 2 nitrogen and oxygen atoms in total. The Bertz CT molecular complexity index is 690. The zero-order valence-corrected chi connectivity index (χ0v) is 17.8. The standard InChI is InChI=1S/C26H34O2/c1-25(2,23(27)21-15-9-7-10-16-21)19-13-5-6-14-20-26(3,4)24(28)22-17-11-8-12-18-22/h7-12,15-18H,5-6,13-14,19-20H2,1-4H3. The molecule has 2 heteroatoms. The summed E-state index contributed by atoms with van der Waals surface area (Å²) in [5, 5.41) is 0. The molecule has 2 aromatic rings. The Morgan fingerprint density at radius 3 is 1.21 bits per heavy atom. The van der Waals surface area contributed by atoms with Crippen LogP contribution in [0.4, 0.5) is 0 Å². The molecular formula is C26H34O2. The summed E-state index contributed by atoms with van der Waals surface area (Å²) in [6.07, 6.45) is 6.07. The predicted octanol–water partition coefficient (Wildman–Crippen LogP) is 7.15. The number of carbonyl (C=O) groups excluding carboxylic acids is 2. The summed E-state index contributed by atoms with van der Waals surface area (Å²) in [5.74, 6) is 0.449. The third kappa shape index (κ3) is 6.15. The van der Waals surface area contributed by atoms with E-state index in [0.717, 1.165) is 49.7 Å². The molecule has 150 valence electrons. The summed E-state index contributed by atoms with van der Waals surface area (Å²) in [5.41, 5.74) is 0.940. The Morgan fingerprint density at radius 2 is 0.893 bits per heavy atom. The number of carbonyl (C=O) groups is 2. The predicted molar refractivity (Wildman–Crippen MR) is 117 cm³/mol. The Hall–Kier alpha value is -2.22. The second kappa shape index (κ2) is 9.82. The topological polar surface area (TPSA) is 34.1 Å². The van der Waals surface area contributed by atoms with Crippen LogP contribution in [0.5, 0.6) is 0 Å². The zero-order valence-electron chi connectivity index (χ0n) is 17.8. The molecule has 0 atom stereocenters. The fourth-order valence-electron chi connectivity index (χ4n) is 3.68. The van der Waals surface area contributed by atoms with Crippen LogP contribution in [0, 0.1) is 10.8 Å². The van der Waals surface area contributed by atoms with Gasteiger partial charge in [0, 0.05) is 22.0 Å². The molecule has 0 amide bonds. The van der Waals surface area contributed by atoms with E-state index >= 15 is 0 Å². The number of unbranched alkanes of at least 4 members (excludes halogenated alkanes) is 3. The Kier molecular flexibility index (Phi) is 7.74. The van der Waals surface area contributed by atoms with Crippen LogP contribution < -0.4 is 0 Å². The Labute approximate surface area is 170 Å². The number of rotatable bonds is 11. The van der Waals surface area contributed by atoms with Gasteiger partial charge in [0.25, 0.3) is 0 Å². The van der Waals surface area contributed by atoms with Crippen molar-refractivity contribution >= 4 is 11.6 Å². The lowest BCUT2D eigenvalue weighted by Crippen LogP contribution is -2.24. The molecule has 0 saturated heterocycles. The molecule has 0 fully saturated rings. The van der Waals surface area contributed by atoms with Gasteiger partial charge >= 0.3 is 0 Å². The lowest BCUT2D eigenvalue weighted by molar-refractivity contribution is 0.0811. The van der Waals surface area contributed by atoms with Crippen LogP contribution >= 0.6 is 0 Å². The zero-order chi connectivity index (χ0) is 20.6. The molecule has 0 N–H and O–H groups in total. The van der Waals surface area contributed by atoms with Gasteiger partial charge in [0.05, 0.1) is 0 Å². The molecule has 2 rings (SSSR count). The van der Waals surface area contributed by atoms with Gasteiger partial charge in [0.1, 0.15) is 0 Å². The highest BCUT2D eigenvalue weighted by atomic mass is 16.1. The van der Waals surface area contributed by atoms with E-state index in [1.165, 1.54) is 0 Å². The molecule has 28 heavy (non-hydrogen) atoms. The molecule has 0 aromatic heterocycles. The third-order valence-corrected chi connectivity index (χ3v) is 5.65. The van der Waals surface area contributed by atoms with Gasteiger partial charge in [-0.3, -0.25) is 9.59 Å². The van der Waals surface area contributed by atoms with Gasteiger partial charge in [-0.2, -0.15) is 0 Å². The van der Waals surface area contributed by atoms with Gasteiger partial charge < -0.3 is 0 Å². The smallest absolute Gasteiger partial charge is 0.168 e. The second-order valence-corrected chi connectivity index (χ2v) is 9.07. The summed E-state index contributed by atoms with van der Waals surface area (Å²) in [4.78, 5) is 25.4. The first-order valence-electron chi connectivity index (χ1n) is 10.4. The van der Waals surface area contributed by atoms with Crippen molar-refractivity contribution in [3.05, 3.63) is 71.8 Å². The van der Waals surface area contributed by atoms with Crippen LogP contribution in [0.1, 0.15) is 86.9 Å². The van der Waals surface area contributed by atoms with E-state index in [2.05, 4.69) is 0 Å². The van der Waals surface area contributed by atoms with Crippen molar-refractivity contribution in [2.45, 2.75) is 66.2 Å². The van der Waals surface area contributed by atoms with Crippen molar-refractivity contribution in [1.82, 2.24) is 0 Å². The number of hydrogen-bond acceptors (Lipinski definition) is 2. The van der Waals surface area contributed by atoms with Crippen molar-refractivity contribution in [3.63, 3.8) is 0 Å². The molecule has 0 spiro atoms. The maximum atomic E-state index is 12.7. The van der Waals surface area contributed by atoms with Crippen LogP contribution in [-0.4, -0.2) is 11.6 Å². The van der Waals surface area contributed by atoms with Crippen molar-refractivity contribution in [2.75, 3.05) is 0 Å². The van der Waals surface area contributed by atoms with E-state index < -0.39 is 0 Å². The molecule has 0 unspecified atom stereocenters. The van der Waals surface area contributed by atoms with Crippen molar-refractivity contribution in [2.24, 2.45) is 10.8 Å². The van der Waals surface area contributed by atoms with Gasteiger partial charge in [-0.25, -0.2) is 0 Å². The number of ketones is 2. The maximum Gasteiger partial charge on any atom is 0.168 e. The lowest BCUT2D eigenvalue weighted by atomic mass is 9.78. The summed E-state index contributed by atoms with van der Waals surface area (Å²) in [6, 6.07) is 19.1. The van der Waals surface area contributed by atoms with Crippen molar-refractivity contribution in [1.29, 1.82) is 0 Å². The van der Waals surface area contributed by atoms with Crippen LogP contribution in [0.2, 0.25) is 0 Å². The molecule has 0 radical (unpaired) electrons. The van der Waals surface area contributed by atoms with Crippen LogP contribution in [0.15, 0.2) is 60.7 Å². The first-order valence-corrected chi connectivity index (χ1v) is 10.4. The molecule has 0 aliphatic rings. The van der Waals surface area contributed by atoms with E-state index in [-0.39, 0.29) is 22.4 Å². The average Bonchev–Trinajstić information content (AvgIpc) is 2.70. The average molecular weight is 379 g/mol. The van der Waals surface area contributed by atoms with Crippen molar-refractivity contribution in [3.8, 4) is 0 Å². The third-order valence-electron chi connectivity index (χ3n) is 5.65. The monoisotopic (exact) mass is 378 g/mol. The number of hydrogen-bond donors (Lipinski definition) is 0. The Balaban J connectivity index is 1.72. The minimum Gasteiger partial charge on any atom is -0.294 e. The highest BCUT2D eigenvalue weighted by Crippen LogP contribution is 2.31. The van der Waals surface area contributed by atoms with Gasteiger partial charge in [-0.15, -0.1) is 0 Å². The van der Waals surface area contributed by atoms with E-state index in [1.807, 2.05) is 88.4 Å². The largest absolute Gasteiger partial charge is 0.294 e. The molecule has 0 aliphatic carbocycles. The molecule has 0 bridgehead atoms. The van der Waals surface area contributed by atoms with Gasteiger partial charge in [-0.05, 0) is 12.8 Å². The minimum absolute atomic E-state index is 0.225. The van der Waals surface area contributed by atoms with E-state index in [9.17, 15) is 9.59 Å².